The minimum Gasteiger partial charge on any atom is -0.492 e. The van der Waals surface area contributed by atoms with Crippen molar-refractivity contribution in [2.45, 2.75) is 30.8 Å². The molecule has 0 N–H and O–H groups in total. The van der Waals surface area contributed by atoms with Crippen LogP contribution in [0.2, 0.25) is 0 Å². The molecule has 0 unspecified atom stereocenters. The van der Waals surface area contributed by atoms with Crippen molar-refractivity contribution >= 4 is 10.0 Å². The fraction of sp³-hybridized carbons (Fsp3) is 0.217. The molecule has 1 heterocycles. The van der Waals surface area contributed by atoms with Crippen LogP contribution in [0.15, 0.2) is 83.8 Å². The summed E-state index contributed by atoms with van der Waals surface area (Å²) in [5.41, 5.74) is 3.00. The molecule has 1 aliphatic rings. The van der Waals surface area contributed by atoms with E-state index in [2.05, 4.69) is 0 Å². The van der Waals surface area contributed by atoms with Gasteiger partial charge in [-0.2, -0.15) is 4.31 Å². The lowest BCUT2D eigenvalue weighted by atomic mass is 10.1. The van der Waals surface area contributed by atoms with E-state index in [0.717, 1.165) is 22.4 Å². The van der Waals surface area contributed by atoms with Gasteiger partial charge in [-0.25, -0.2) is 8.42 Å². The predicted octanol–water partition coefficient (Wildman–Crippen LogP) is 4.19. The second kappa shape index (κ2) is 7.78. The highest BCUT2D eigenvalue weighted by Crippen LogP contribution is 2.30. The molecule has 0 bridgehead atoms. The van der Waals surface area contributed by atoms with Crippen LogP contribution in [0, 0.1) is 6.92 Å². The Kier molecular flexibility index (Phi) is 5.20. The summed E-state index contributed by atoms with van der Waals surface area (Å²) in [6.45, 7) is 2.56. The highest BCUT2D eigenvalue weighted by atomic mass is 32.2. The summed E-state index contributed by atoms with van der Waals surface area (Å²) in [6, 6.07) is 24.3. The van der Waals surface area contributed by atoms with Crippen molar-refractivity contribution in [3.63, 3.8) is 0 Å². The summed E-state index contributed by atoms with van der Waals surface area (Å²) in [5.74, 6) is 0.752. The van der Waals surface area contributed by atoms with Gasteiger partial charge in [-0.1, -0.05) is 66.2 Å². The van der Waals surface area contributed by atoms with Crippen molar-refractivity contribution < 1.29 is 13.2 Å². The van der Waals surface area contributed by atoms with Crippen LogP contribution < -0.4 is 4.74 Å². The molecule has 1 atom stereocenters. The number of hydrogen-bond acceptors (Lipinski definition) is 3. The second-order valence-corrected chi connectivity index (χ2v) is 9.02. The number of nitrogens with zero attached hydrogens (tertiary/aromatic N) is 1. The van der Waals surface area contributed by atoms with E-state index in [0.29, 0.717) is 24.5 Å². The van der Waals surface area contributed by atoms with E-state index in [9.17, 15) is 8.42 Å². The Morgan fingerprint density at radius 2 is 1.61 bits per heavy atom. The Morgan fingerprint density at radius 3 is 2.36 bits per heavy atom. The highest BCUT2D eigenvalue weighted by molar-refractivity contribution is 7.89. The lowest BCUT2D eigenvalue weighted by Gasteiger charge is -2.28. The first-order chi connectivity index (χ1) is 13.5. The number of aryl methyl sites for hydroxylation is 1. The zero-order valence-electron chi connectivity index (χ0n) is 15.8. The molecule has 4 rings (SSSR count). The molecule has 0 fully saturated rings. The van der Waals surface area contributed by atoms with E-state index in [1.54, 1.807) is 16.4 Å². The molecule has 0 aliphatic carbocycles. The van der Waals surface area contributed by atoms with E-state index in [4.69, 9.17) is 4.74 Å². The van der Waals surface area contributed by atoms with Crippen LogP contribution in [-0.2, 0) is 23.0 Å². The van der Waals surface area contributed by atoms with Crippen LogP contribution in [0.4, 0.5) is 0 Å². The second-order valence-electron chi connectivity index (χ2n) is 7.13. The van der Waals surface area contributed by atoms with Gasteiger partial charge in [-0.15, -0.1) is 0 Å². The SMILES string of the molecule is Cc1ccc(S(=O)(=O)N2Cc3ccccc3OC[C@H]2Cc2ccccc2)cc1. The van der Waals surface area contributed by atoms with Crippen molar-refractivity contribution in [3.05, 3.63) is 95.6 Å². The number of ether oxygens (including phenoxy) is 1. The molecule has 0 saturated carbocycles. The predicted molar refractivity (Wildman–Crippen MR) is 110 cm³/mol. The van der Waals surface area contributed by atoms with Gasteiger partial charge < -0.3 is 4.74 Å². The third-order valence-electron chi connectivity index (χ3n) is 5.08. The number of para-hydroxylation sites is 1. The maximum Gasteiger partial charge on any atom is 0.243 e. The Balaban J connectivity index is 1.74. The molecule has 0 spiro atoms. The molecule has 1 aliphatic heterocycles. The summed E-state index contributed by atoms with van der Waals surface area (Å²) < 4.78 is 34.7. The summed E-state index contributed by atoms with van der Waals surface area (Å²) in [5, 5.41) is 0. The summed E-state index contributed by atoms with van der Waals surface area (Å²) in [4.78, 5) is 0.315. The fourth-order valence-corrected chi connectivity index (χ4v) is 5.10. The van der Waals surface area contributed by atoms with Crippen molar-refractivity contribution in [2.24, 2.45) is 0 Å². The smallest absolute Gasteiger partial charge is 0.243 e. The van der Waals surface area contributed by atoms with Crippen molar-refractivity contribution in [2.75, 3.05) is 6.61 Å². The van der Waals surface area contributed by atoms with Crippen LogP contribution in [0.5, 0.6) is 5.75 Å². The first kappa shape index (κ1) is 18.7. The van der Waals surface area contributed by atoms with Gasteiger partial charge in [0.1, 0.15) is 12.4 Å². The van der Waals surface area contributed by atoms with Gasteiger partial charge in [0.2, 0.25) is 10.0 Å². The van der Waals surface area contributed by atoms with E-state index in [1.165, 1.54) is 0 Å². The quantitative estimate of drug-likeness (QED) is 0.668. The van der Waals surface area contributed by atoms with E-state index < -0.39 is 10.0 Å². The number of hydrogen-bond donors (Lipinski definition) is 0. The zero-order valence-corrected chi connectivity index (χ0v) is 16.6. The maximum absolute atomic E-state index is 13.5. The third-order valence-corrected chi connectivity index (χ3v) is 6.99. The van der Waals surface area contributed by atoms with Crippen molar-refractivity contribution in [3.8, 4) is 5.75 Å². The van der Waals surface area contributed by atoms with Gasteiger partial charge in [0.25, 0.3) is 0 Å². The van der Waals surface area contributed by atoms with Gasteiger partial charge >= 0.3 is 0 Å². The van der Waals surface area contributed by atoms with Crippen LogP contribution in [0.1, 0.15) is 16.7 Å². The molecule has 0 aromatic heterocycles. The standard InChI is InChI=1S/C23H23NO3S/c1-18-11-13-22(14-12-18)28(25,26)24-16-20-9-5-6-10-23(20)27-17-21(24)15-19-7-3-2-4-8-19/h2-14,21H,15-17H2,1H3/t21-/m1/s1. The summed E-state index contributed by atoms with van der Waals surface area (Å²) in [6.07, 6.45) is 0.597. The highest BCUT2D eigenvalue weighted by Gasteiger charge is 2.34. The average Bonchev–Trinajstić information content (AvgIpc) is 2.89. The van der Waals surface area contributed by atoms with Crippen LogP contribution in [0.3, 0.4) is 0 Å². The van der Waals surface area contributed by atoms with Gasteiger partial charge in [0.05, 0.1) is 10.9 Å². The maximum atomic E-state index is 13.5. The Morgan fingerprint density at radius 1 is 0.929 bits per heavy atom. The van der Waals surface area contributed by atoms with Crippen LogP contribution >= 0.6 is 0 Å². The van der Waals surface area contributed by atoms with E-state index in [-0.39, 0.29) is 6.04 Å². The molecular formula is C23H23NO3S. The molecule has 4 nitrogen and oxygen atoms in total. The normalized spacial score (nSPS) is 17.4. The lowest BCUT2D eigenvalue weighted by Crippen LogP contribution is -2.43. The zero-order chi connectivity index (χ0) is 19.6. The molecule has 144 valence electrons. The molecule has 0 amide bonds. The first-order valence-electron chi connectivity index (χ1n) is 9.37. The number of rotatable bonds is 4. The van der Waals surface area contributed by atoms with Crippen LogP contribution in [0.25, 0.3) is 0 Å². The molecule has 0 radical (unpaired) electrons. The Labute approximate surface area is 166 Å². The van der Waals surface area contributed by atoms with E-state index >= 15 is 0 Å². The van der Waals surface area contributed by atoms with Gasteiger partial charge in [-0.3, -0.25) is 0 Å². The third kappa shape index (κ3) is 3.81. The number of sulfonamides is 1. The summed E-state index contributed by atoms with van der Waals surface area (Å²) in [7, 11) is -3.66. The topological polar surface area (TPSA) is 46.6 Å². The van der Waals surface area contributed by atoms with Crippen molar-refractivity contribution in [1.29, 1.82) is 0 Å². The molecule has 0 saturated heterocycles. The molecule has 28 heavy (non-hydrogen) atoms. The first-order valence-corrected chi connectivity index (χ1v) is 10.8. The minimum atomic E-state index is -3.66. The monoisotopic (exact) mass is 393 g/mol. The molecule has 5 heteroatoms. The van der Waals surface area contributed by atoms with Gasteiger partial charge in [0, 0.05) is 12.1 Å². The van der Waals surface area contributed by atoms with Crippen LogP contribution in [-0.4, -0.2) is 25.4 Å². The fourth-order valence-electron chi connectivity index (χ4n) is 3.52. The minimum absolute atomic E-state index is 0.291. The largest absolute Gasteiger partial charge is 0.492 e. The Hall–Kier alpha value is -2.63. The van der Waals surface area contributed by atoms with Gasteiger partial charge in [0.15, 0.2) is 0 Å². The average molecular weight is 394 g/mol. The van der Waals surface area contributed by atoms with Crippen molar-refractivity contribution in [1.82, 2.24) is 4.31 Å². The summed E-state index contributed by atoms with van der Waals surface area (Å²) >= 11 is 0. The van der Waals surface area contributed by atoms with Gasteiger partial charge in [-0.05, 0) is 37.1 Å². The molecule has 3 aromatic carbocycles. The lowest BCUT2D eigenvalue weighted by molar-refractivity contribution is 0.219. The van der Waals surface area contributed by atoms with E-state index in [1.807, 2.05) is 73.7 Å². The number of benzene rings is 3. The molecule has 3 aromatic rings. The molecular weight excluding hydrogens is 370 g/mol. The number of fused-ring (bicyclic) bond motifs is 1. The Bertz CT molecular complexity index is 1050.